The van der Waals surface area contributed by atoms with E-state index in [2.05, 4.69) is 28.6 Å². The van der Waals surface area contributed by atoms with Crippen LogP contribution in [-0.2, 0) is 4.74 Å². The predicted molar refractivity (Wildman–Crippen MR) is 113 cm³/mol. The average Bonchev–Trinajstić information content (AvgIpc) is 2.71. The summed E-state index contributed by atoms with van der Waals surface area (Å²) in [6.45, 7) is 7.42. The first-order valence-electron chi connectivity index (χ1n) is 9.98. The molecule has 2 aromatic rings. The van der Waals surface area contributed by atoms with Crippen LogP contribution in [0.3, 0.4) is 0 Å². The van der Waals surface area contributed by atoms with Gasteiger partial charge >= 0.3 is 6.09 Å². The van der Waals surface area contributed by atoms with Gasteiger partial charge in [-0.3, -0.25) is 9.78 Å². The van der Waals surface area contributed by atoms with E-state index < -0.39 is 0 Å². The summed E-state index contributed by atoms with van der Waals surface area (Å²) >= 11 is 0. The van der Waals surface area contributed by atoms with Crippen molar-refractivity contribution in [3.8, 4) is 0 Å². The van der Waals surface area contributed by atoms with E-state index in [1.165, 1.54) is 5.56 Å². The lowest BCUT2D eigenvalue weighted by Gasteiger charge is -2.31. The molecule has 1 saturated heterocycles. The van der Waals surface area contributed by atoms with Gasteiger partial charge in [-0.1, -0.05) is 17.7 Å². The summed E-state index contributed by atoms with van der Waals surface area (Å²) in [6.07, 6.45) is 4.40. The molecule has 1 aliphatic heterocycles. The second-order valence-corrected chi connectivity index (χ2v) is 7.34. The van der Waals surface area contributed by atoms with Gasteiger partial charge in [0.05, 0.1) is 24.1 Å². The molecule has 0 atom stereocenters. The van der Waals surface area contributed by atoms with Crippen molar-refractivity contribution < 1.29 is 14.3 Å². The topological polar surface area (TPSA) is 83.6 Å². The summed E-state index contributed by atoms with van der Waals surface area (Å²) in [5, 5.41) is 6.38. The molecule has 7 nitrogen and oxygen atoms in total. The van der Waals surface area contributed by atoms with E-state index >= 15 is 0 Å². The van der Waals surface area contributed by atoms with Crippen molar-refractivity contribution in [2.45, 2.75) is 39.7 Å². The summed E-state index contributed by atoms with van der Waals surface area (Å²) in [7, 11) is 0. The summed E-state index contributed by atoms with van der Waals surface area (Å²) in [6, 6.07) is 8.00. The SMILES string of the molecule is CCOC(=O)N1CCC(NC(=O)c2cncc(Nc3ccc(C)cc3C)c2)CC1. The molecule has 3 rings (SSSR count). The number of ether oxygens (including phenoxy) is 1. The van der Waals surface area contributed by atoms with E-state index in [4.69, 9.17) is 4.74 Å². The maximum absolute atomic E-state index is 12.7. The van der Waals surface area contributed by atoms with Crippen molar-refractivity contribution in [3.63, 3.8) is 0 Å². The van der Waals surface area contributed by atoms with Crippen molar-refractivity contribution in [3.05, 3.63) is 53.3 Å². The van der Waals surface area contributed by atoms with Crippen molar-refractivity contribution in [2.24, 2.45) is 0 Å². The highest BCUT2D eigenvalue weighted by Gasteiger charge is 2.25. The highest BCUT2D eigenvalue weighted by molar-refractivity contribution is 5.95. The second kappa shape index (κ2) is 9.41. The molecule has 1 aliphatic rings. The number of anilines is 2. The Balaban J connectivity index is 1.58. The molecule has 1 aromatic heterocycles. The van der Waals surface area contributed by atoms with Gasteiger partial charge in [-0.25, -0.2) is 4.79 Å². The molecule has 1 fully saturated rings. The molecule has 7 heteroatoms. The highest BCUT2D eigenvalue weighted by atomic mass is 16.6. The summed E-state index contributed by atoms with van der Waals surface area (Å²) in [4.78, 5) is 30.3. The van der Waals surface area contributed by atoms with Gasteiger partial charge in [0, 0.05) is 31.0 Å². The molecule has 2 heterocycles. The largest absolute Gasteiger partial charge is 0.450 e. The normalized spacial score (nSPS) is 14.4. The Kier molecular flexibility index (Phi) is 6.69. The molecule has 0 aliphatic carbocycles. The van der Waals surface area contributed by atoms with Crippen LogP contribution in [0.15, 0.2) is 36.7 Å². The zero-order valence-corrected chi connectivity index (χ0v) is 17.2. The molecule has 0 bridgehead atoms. The van der Waals surface area contributed by atoms with Gasteiger partial charge in [-0.15, -0.1) is 0 Å². The first kappa shape index (κ1) is 20.6. The Morgan fingerprint density at radius 3 is 2.62 bits per heavy atom. The van der Waals surface area contributed by atoms with Crippen LogP contribution in [0.4, 0.5) is 16.2 Å². The molecule has 0 spiro atoms. The van der Waals surface area contributed by atoms with Gasteiger partial charge in [0.1, 0.15) is 0 Å². The van der Waals surface area contributed by atoms with Crippen LogP contribution in [0.2, 0.25) is 0 Å². The number of aromatic nitrogens is 1. The Hall–Kier alpha value is -3.09. The van der Waals surface area contributed by atoms with Crippen LogP contribution in [-0.4, -0.2) is 47.6 Å². The molecule has 0 unspecified atom stereocenters. The molecular formula is C22H28N4O3. The smallest absolute Gasteiger partial charge is 0.409 e. The van der Waals surface area contributed by atoms with Crippen LogP contribution >= 0.6 is 0 Å². The maximum Gasteiger partial charge on any atom is 0.409 e. The zero-order valence-electron chi connectivity index (χ0n) is 17.2. The number of rotatable bonds is 5. The van der Waals surface area contributed by atoms with E-state index in [9.17, 15) is 9.59 Å². The number of pyridine rings is 1. The standard InChI is InChI=1S/C22H28N4O3/c1-4-29-22(28)26-9-7-18(8-10-26)25-21(27)17-12-19(14-23-13-17)24-20-6-5-15(2)11-16(20)3/h5-6,11-14,18,24H,4,7-10H2,1-3H3,(H,25,27). The summed E-state index contributed by atoms with van der Waals surface area (Å²) in [5.74, 6) is -0.156. The van der Waals surface area contributed by atoms with Gasteiger partial charge in [-0.05, 0) is 51.3 Å². The molecule has 154 valence electrons. The number of amides is 2. The first-order chi connectivity index (χ1) is 14.0. The number of carbonyl (C=O) groups excluding carboxylic acids is 2. The Morgan fingerprint density at radius 1 is 1.17 bits per heavy atom. The number of nitrogens with one attached hydrogen (secondary N) is 2. The molecule has 0 radical (unpaired) electrons. The quantitative estimate of drug-likeness (QED) is 0.803. The minimum Gasteiger partial charge on any atom is -0.450 e. The van der Waals surface area contributed by atoms with Gasteiger partial charge in [0.25, 0.3) is 5.91 Å². The van der Waals surface area contributed by atoms with Crippen molar-refractivity contribution in [1.82, 2.24) is 15.2 Å². The third-order valence-corrected chi connectivity index (χ3v) is 5.02. The molecular weight excluding hydrogens is 368 g/mol. The lowest BCUT2D eigenvalue weighted by Crippen LogP contribution is -2.46. The fourth-order valence-corrected chi connectivity index (χ4v) is 3.43. The number of carbonyl (C=O) groups is 2. The average molecular weight is 396 g/mol. The van der Waals surface area contributed by atoms with Crippen LogP contribution in [0.5, 0.6) is 0 Å². The maximum atomic E-state index is 12.7. The van der Waals surface area contributed by atoms with E-state index in [1.807, 2.05) is 19.1 Å². The lowest BCUT2D eigenvalue weighted by molar-refractivity contribution is 0.0860. The van der Waals surface area contributed by atoms with E-state index in [0.29, 0.717) is 38.1 Å². The highest BCUT2D eigenvalue weighted by Crippen LogP contribution is 2.22. The molecule has 1 aromatic carbocycles. The Bertz CT molecular complexity index is 876. The number of hydrogen-bond acceptors (Lipinski definition) is 5. The number of nitrogens with zero attached hydrogens (tertiary/aromatic N) is 2. The van der Waals surface area contributed by atoms with Crippen molar-refractivity contribution in [2.75, 3.05) is 25.0 Å². The number of aryl methyl sites for hydroxylation is 2. The van der Waals surface area contributed by atoms with Gasteiger partial charge in [0.2, 0.25) is 0 Å². The molecule has 2 amide bonds. The zero-order chi connectivity index (χ0) is 20.8. The van der Waals surface area contributed by atoms with E-state index in [-0.39, 0.29) is 18.0 Å². The lowest BCUT2D eigenvalue weighted by atomic mass is 10.0. The van der Waals surface area contributed by atoms with E-state index in [1.54, 1.807) is 30.3 Å². The summed E-state index contributed by atoms with van der Waals surface area (Å²) in [5.41, 5.74) is 4.59. The first-order valence-corrected chi connectivity index (χ1v) is 9.98. The number of hydrogen-bond donors (Lipinski definition) is 2. The van der Waals surface area contributed by atoms with Crippen LogP contribution in [0, 0.1) is 13.8 Å². The molecule has 0 saturated carbocycles. The number of piperidine rings is 1. The van der Waals surface area contributed by atoms with Crippen LogP contribution in [0.25, 0.3) is 0 Å². The Labute approximate surface area is 171 Å². The third kappa shape index (κ3) is 5.47. The minimum absolute atomic E-state index is 0.0316. The van der Waals surface area contributed by atoms with E-state index in [0.717, 1.165) is 16.9 Å². The van der Waals surface area contributed by atoms with Gasteiger partial charge in [-0.2, -0.15) is 0 Å². The number of likely N-dealkylation sites (tertiary alicyclic amines) is 1. The van der Waals surface area contributed by atoms with Crippen LogP contribution < -0.4 is 10.6 Å². The van der Waals surface area contributed by atoms with Crippen molar-refractivity contribution in [1.29, 1.82) is 0 Å². The predicted octanol–water partition coefficient (Wildman–Crippen LogP) is 3.79. The number of benzene rings is 1. The molecule has 29 heavy (non-hydrogen) atoms. The fourth-order valence-electron chi connectivity index (χ4n) is 3.43. The second-order valence-electron chi connectivity index (χ2n) is 7.34. The monoisotopic (exact) mass is 396 g/mol. The fraction of sp³-hybridized carbons (Fsp3) is 0.409. The molecule has 2 N–H and O–H groups in total. The van der Waals surface area contributed by atoms with Gasteiger partial charge in [0.15, 0.2) is 0 Å². The van der Waals surface area contributed by atoms with Crippen LogP contribution in [0.1, 0.15) is 41.3 Å². The summed E-state index contributed by atoms with van der Waals surface area (Å²) < 4.78 is 5.03. The van der Waals surface area contributed by atoms with Gasteiger partial charge < -0.3 is 20.3 Å². The van der Waals surface area contributed by atoms with Crippen molar-refractivity contribution >= 4 is 23.4 Å². The minimum atomic E-state index is -0.286. The third-order valence-electron chi connectivity index (χ3n) is 5.02. The Morgan fingerprint density at radius 2 is 1.93 bits per heavy atom.